The van der Waals surface area contributed by atoms with Crippen molar-refractivity contribution in [2.24, 2.45) is 5.92 Å². The van der Waals surface area contributed by atoms with Gasteiger partial charge in [-0.3, -0.25) is 4.79 Å². The maximum absolute atomic E-state index is 11.8. The number of carbonyl (C=O) groups is 1. The number of hydrogen-bond donors (Lipinski definition) is 1. The van der Waals surface area contributed by atoms with E-state index in [1.165, 1.54) is 32.1 Å². The molecule has 1 fully saturated rings. The molecular weight excluding hydrogens is 254 g/mol. The summed E-state index contributed by atoms with van der Waals surface area (Å²) in [5, 5.41) is 4.00. The van der Waals surface area contributed by atoms with Crippen molar-refractivity contribution in [2.75, 3.05) is 11.9 Å². The van der Waals surface area contributed by atoms with E-state index in [1.807, 2.05) is 0 Å². The fraction of sp³-hybridized carbons (Fsp3) is 0.917. The first kappa shape index (κ1) is 13.0. The van der Waals surface area contributed by atoms with Gasteiger partial charge < -0.3 is 5.32 Å². The minimum atomic E-state index is 0.290. The van der Waals surface area contributed by atoms with Crippen molar-refractivity contribution in [3.63, 3.8) is 0 Å². The maximum atomic E-state index is 11.8. The molecule has 1 aliphatic carbocycles. The summed E-state index contributed by atoms with van der Waals surface area (Å²) in [5.41, 5.74) is 0. The van der Waals surface area contributed by atoms with E-state index in [0.29, 0.717) is 5.92 Å². The van der Waals surface area contributed by atoms with Gasteiger partial charge in [0.25, 0.3) is 0 Å². The van der Waals surface area contributed by atoms with Crippen molar-refractivity contribution in [2.45, 2.75) is 51.4 Å². The standard InChI is InChI=1S/C12H22BrNO/c13-9-6-10-14-12(15)11-7-4-2-1-3-5-8-11/h11H,1-10H2,(H,14,15). The van der Waals surface area contributed by atoms with Crippen LogP contribution in [-0.4, -0.2) is 17.8 Å². The third kappa shape index (κ3) is 5.55. The van der Waals surface area contributed by atoms with E-state index in [2.05, 4.69) is 21.2 Å². The molecule has 1 amide bonds. The van der Waals surface area contributed by atoms with E-state index in [9.17, 15) is 4.79 Å². The van der Waals surface area contributed by atoms with Crippen molar-refractivity contribution < 1.29 is 4.79 Å². The van der Waals surface area contributed by atoms with Crippen molar-refractivity contribution in [3.05, 3.63) is 0 Å². The van der Waals surface area contributed by atoms with Crippen LogP contribution in [0.25, 0.3) is 0 Å². The van der Waals surface area contributed by atoms with Crippen LogP contribution in [0.5, 0.6) is 0 Å². The minimum Gasteiger partial charge on any atom is -0.356 e. The third-order valence-corrected chi connectivity index (χ3v) is 3.65. The van der Waals surface area contributed by atoms with Crippen LogP contribution < -0.4 is 5.32 Å². The largest absolute Gasteiger partial charge is 0.356 e. The van der Waals surface area contributed by atoms with Crippen LogP contribution in [-0.2, 0) is 4.79 Å². The zero-order valence-corrected chi connectivity index (χ0v) is 11.0. The number of rotatable bonds is 4. The van der Waals surface area contributed by atoms with Gasteiger partial charge in [0, 0.05) is 17.8 Å². The smallest absolute Gasteiger partial charge is 0.223 e. The summed E-state index contributed by atoms with van der Waals surface area (Å²) in [5.74, 6) is 0.582. The highest BCUT2D eigenvalue weighted by Crippen LogP contribution is 2.22. The van der Waals surface area contributed by atoms with Gasteiger partial charge in [0.15, 0.2) is 0 Å². The van der Waals surface area contributed by atoms with E-state index in [1.54, 1.807) is 0 Å². The quantitative estimate of drug-likeness (QED) is 0.620. The van der Waals surface area contributed by atoms with E-state index in [4.69, 9.17) is 0 Å². The molecule has 0 unspecified atom stereocenters. The van der Waals surface area contributed by atoms with Crippen LogP contribution in [0.1, 0.15) is 51.4 Å². The Kier molecular flexibility index (Phi) is 7.07. The molecule has 1 aliphatic rings. The van der Waals surface area contributed by atoms with Crippen LogP contribution in [0.4, 0.5) is 0 Å². The van der Waals surface area contributed by atoms with Gasteiger partial charge in [0.2, 0.25) is 5.91 Å². The second-order valence-electron chi connectivity index (χ2n) is 4.38. The summed E-state index contributed by atoms with van der Waals surface area (Å²) in [6, 6.07) is 0. The molecule has 1 N–H and O–H groups in total. The van der Waals surface area contributed by atoms with Crippen molar-refractivity contribution in [1.82, 2.24) is 5.32 Å². The van der Waals surface area contributed by atoms with Crippen molar-refractivity contribution in [3.8, 4) is 0 Å². The predicted molar refractivity (Wildman–Crippen MR) is 67.2 cm³/mol. The first-order valence-corrected chi connectivity index (χ1v) is 7.30. The van der Waals surface area contributed by atoms with Crippen molar-refractivity contribution in [1.29, 1.82) is 0 Å². The number of alkyl halides is 1. The molecule has 2 nitrogen and oxygen atoms in total. The Balaban J connectivity index is 2.22. The lowest BCUT2D eigenvalue weighted by molar-refractivity contribution is -0.125. The third-order valence-electron chi connectivity index (χ3n) is 3.09. The molecule has 0 saturated heterocycles. The van der Waals surface area contributed by atoms with Crippen LogP contribution in [0.2, 0.25) is 0 Å². The Morgan fingerprint density at radius 1 is 1.13 bits per heavy atom. The number of amides is 1. The zero-order chi connectivity index (χ0) is 10.9. The highest BCUT2D eigenvalue weighted by Gasteiger charge is 2.18. The Bertz CT molecular complexity index is 176. The van der Waals surface area contributed by atoms with Crippen LogP contribution in [0.3, 0.4) is 0 Å². The van der Waals surface area contributed by atoms with Crippen molar-refractivity contribution >= 4 is 21.8 Å². The molecule has 0 heterocycles. The van der Waals surface area contributed by atoms with Crippen LogP contribution in [0.15, 0.2) is 0 Å². The van der Waals surface area contributed by atoms with Gasteiger partial charge in [-0.05, 0) is 19.3 Å². The summed E-state index contributed by atoms with van der Waals surface area (Å²) in [7, 11) is 0. The Labute approximate surface area is 101 Å². The van der Waals surface area contributed by atoms with Gasteiger partial charge in [-0.25, -0.2) is 0 Å². The molecule has 0 aromatic heterocycles. The Morgan fingerprint density at radius 2 is 1.73 bits per heavy atom. The molecule has 0 atom stereocenters. The average Bonchev–Trinajstić information content (AvgIpc) is 2.17. The number of hydrogen-bond acceptors (Lipinski definition) is 1. The highest BCUT2D eigenvalue weighted by atomic mass is 79.9. The molecule has 0 aromatic rings. The molecule has 15 heavy (non-hydrogen) atoms. The topological polar surface area (TPSA) is 29.1 Å². The molecule has 1 rings (SSSR count). The van der Waals surface area contributed by atoms with Crippen LogP contribution in [0, 0.1) is 5.92 Å². The first-order chi connectivity index (χ1) is 7.34. The van der Waals surface area contributed by atoms with Gasteiger partial charge in [-0.15, -0.1) is 0 Å². The predicted octanol–water partition coefficient (Wildman–Crippen LogP) is 3.25. The maximum Gasteiger partial charge on any atom is 0.223 e. The van der Waals surface area contributed by atoms with Crippen LogP contribution >= 0.6 is 15.9 Å². The summed E-state index contributed by atoms with van der Waals surface area (Å²) in [6.45, 7) is 0.820. The fourth-order valence-electron chi connectivity index (χ4n) is 2.14. The number of carbonyl (C=O) groups excluding carboxylic acids is 1. The van der Waals surface area contributed by atoms with Gasteiger partial charge in [-0.2, -0.15) is 0 Å². The average molecular weight is 276 g/mol. The van der Waals surface area contributed by atoms with Gasteiger partial charge in [0.1, 0.15) is 0 Å². The normalized spacial score (nSPS) is 19.3. The van der Waals surface area contributed by atoms with E-state index >= 15 is 0 Å². The van der Waals surface area contributed by atoms with Gasteiger partial charge >= 0.3 is 0 Å². The molecule has 0 aromatic carbocycles. The summed E-state index contributed by atoms with van der Waals surface area (Å²) in [4.78, 5) is 11.8. The minimum absolute atomic E-state index is 0.290. The summed E-state index contributed by atoms with van der Waals surface area (Å²) in [6.07, 6.45) is 9.67. The van der Waals surface area contributed by atoms with Gasteiger partial charge in [0.05, 0.1) is 0 Å². The second kappa shape index (κ2) is 8.14. The molecular formula is C12H22BrNO. The lowest BCUT2D eigenvalue weighted by atomic mass is 9.90. The summed E-state index contributed by atoms with van der Waals surface area (Å²) < 4.78 is 0. The van der Waals surface area contributed by atoms with E-state index in [-0.39, 0.29) is 5.91 Å². The molecule has 0 spiro atoms. The van der Waals surface area contributed by atoms with E-state index in [0.717, 1.165) is 31.1 Å². The Morgan fingerprint density at radius 3 is 2.33 bits per heavy atom. The number of halogens is 1. The molecule has 88 valence electrons. The molecule has 0 aliphatic heterocycles. The molecule has 0 radical (unpaired) electrons. The lowest BCUT2D eigenvalue weighted by Gasteiger charge is -2.18. The monoisotopic (exact) mass is 275 g/mol. The fourth-order valence-corrected chi connectivity index (χ4v) is 2.42. The molecule has 0 bridgehead atoms. The zero-order valence-electron chi connectivity index (χ0n) is 9.43. The first-order valence-electron chi connectivity index (χ1n) is 6.18. The van der Waals surface area contributed by atoms with E-state index < -0.39 is 0 Å². The Hall–Kier alpha value is -0.0500. The van der Waals surface area contributed by atoms with Gasteiger partial charge in [-0.1, -0.05) is 48.0 Å². The second-order valence-corrected chi connectivity index (χ2v) is 5.17. The SMILES string of the molecule is O=C(NCCCBr)C1CCCCCCC1. The summed E-state index contributed by atoms with van der Waals surface area (Å²) >= 11 is 3.37. The lowest BCUT2D eigenvalue weighted by Crippen LogP contribution is -2.32. The number of nitrogens with one attached hydrogen (secondary N) is 1. The highest BCUT2D eigenvalue weighted by molar-refractivity contribution is 9.09. The molecule has 1 saturated carbocycles. The molecule has 3 heteroatoms.